The lowest BCUT2D eigenvalue weighted by atomic mass is 10.0. The van der Waals surface area contributed by atoms with E-state index in [4.69, 9.17) is 26.8 Å². The van der Waals surface area contributed by atoms with E-state index >= 15 is 0 Å². The zero-order chi connectivity index (χ0) is 18.4. The first-order chi connectivity index (χ1) is 11.9. The number of benzene rings is 2. The largest absolute Gasteiger partial charge is 0.493 e. The van der Waals surface area contributed by atoms with E-state index in [0.717, 1.165) is 11.3 Å². The van der Waals surface area contributed by atoms with Crippen LogP contribution < -0.4 is 20.5 Å². The molecular formula is C19H23ClN2O3. The predicted molar refractivity (Wildman–Crippen MR) is 101 cm³/mol. The SMILES string of the molecule is COc1cc(CNc2ccccc2C(C)C)cc(Cl)c1OCC(N)=O. The Balaban J connectivity index is 2.18. The lowest BCUT2D eigenvalue weighted by Gasteiger charge is -2.16. The van der Waals surface area contributed by atoms with Crippen molar-refractivity contribution >= 4 is 23.2 Å². The quantitative estimate of drug-likeness (QED) is 0.745. The van der Waals surface area contributed by atoms with E-state index in [1.807, 2.05) is 18.2 Å². The van der Waals surface area contributed by atoms with Crippen LogP contribution in [0.4, 0.5) is 5.69 Å². The number of rotatable bonds is 8. The highest BCUT2D eigenvalue weighted by Gasteiger charge is 2.13. The number of primary amides is 1. The molecule has 2 aromatic rings. The van der Waals surface area contributed by atoms with E-state index in [1.54, 1.807) is 6.07 Å². The van der Waals surface area contributed by atoms with E-state index in [0.29, 0.717) is 29.0 Å². The second kappa shape index (κ2) is 8.62. The van der Waals surface area contributed by atoms with Gasteiger partial charge in [-0.2, -0.15) is 0 Å². The topological polar surface area (TPSA) is 73.6 Å². The number of nitrogens with one attached hydrogen (secondary N) is 1. The van der Waals surface area contributed by atoms with Crippen LogP contribution in [0.5, 0.6) is 11.5 Å². The van der Waals surface area contributed by atoms with Gasteiger partial charge >= 0.3 is 0 Å². The number of nitrogens with two attached hydrogens (primary N) is 1. The molecule has 0 saturated heterocycles. The number of para-hydroxylation sites is 1. The van der Waals surface area contributed by atoms with Gasteiger partial charge in [-0.3, -0.25) is 4.79 Å². The van der Waals surface area contributed by atoms with Gasteiger partial charge in [-0.15, -0.1) is 0 Å². The number of methoxy groups -OCH3 is 1. The van der Waals surface area contributed by atoms with Gasteiger partial charge in [0.2, 0.25) is 0 Å². The van der Waals surface area contributed by atoms with Crippen LogP contribution in [-0.2, 0) is 11.3 Å². The van der Waals surface area contributed by atoms with Crippen molar-refractivity contribution in [3.8, 4) is 11.5 Å². The number of carbonyl (C=O) groups excluding carboxylic acids is 1. The highest BCUT2D eigenvalue weighted by Crippen LogP contribution is 2.36. The third-order valence-electron chi connectivity index (χ3n) is 3.71. The van der Waals surface area contributed by atoms with Crippen molar-refractivity contribution in [3.05, 3.63) is 52.5 Å². The van der Waals surface area contributed by atoms with Gasteiger partial charge in [0.05, 0.1) is 12.1 Å². The van der Waals surface area contributed by atoms with Crippen LogP contribution in [-0.4, -0.2) is 19.6 Å². The molecule has 2 aromatic carbocycles. The van der Waals surface area contributed by atoms with Crippen molar-refractivity contribution in [3.63, 3.8) is 0 Å². The van der Waals surface area contributed by atoms with E-state index in [2.05, 4.69) is 31.3 Å². The number of carbonyl (C=O) groups is 1. The van der Waals surface area contributed by atoms with Gasteiger partial charge in [-0.25, -0.2) is 0 Å². The Bertz CT molecular complexity index is 747. The van der Waals surface area contributed by atoms with Crippen LogP contribution in [0, 0.1) is 0 Å². The van der Waals surface area contributed by atoms with Crippen LogP contribution in [0.3, 0.4) is 0 Å². The summed E-state index contributed by atoms with van der Waals surface area (Å²) in [6.07, 6.45) is 0. The van der Waals surface area contributed by atoms with Gasteiger partial charge in [0.1, 0.15) is 0 Å². The Morgan fingerprint density at radius 2 is 2.00 bits per heavy atom. The summed E-state index contributed by atoms with van der Waals surface area (Å²) in [5.74, 6) is 0.623. The molecule has 25 heavy (non-hydrogen) atoms. The third kappa shape index (κ3) is 5.03. The van der Waals surface area contributed by atoms with Gasteiger partial charge in [0, 0.05) is 12.2 Å². The van der Waals surface area contributed by atoms with Gasteiger partial charge in [0.15, 0.2) is 18.1 Å². The van der Waals surface area contributed by atoms with Crippen molar-refractivity contribution in [2.24, 2.45) is 5.73 Å². The smallest absolute Gasteiger partial charge is 0.255 e. The second-order valence-corrected chi connectivity index (χ2v) is 6.37. The molecule has 0 spiro atoms. The molecule has 0 aliphatic heterocycles. The van der Waals surface area contributed by atoms with Gasteiger partial charge in [-0.05, 0) is 35.2 Å². The summed E-state index contributed by atoms with van der Waals surface area (Å²) in [6, 6.07) is 11.8. The maximum absolute atomic E-state index is 10.9. The summed E-state index contributed by atoms with van der Waals surface area (Å²) in [6.45, 7) is 4.64. The second-order valence-electron chi connectivity index (χ2n) is 5.96. The standard InChI is InChI=1S/C19H23ClN2O3/c1-12(2)14-6-4-5-7-16(14)22-10-13-8-15(20)19(17(9-13)24-3)25-11-18(21)23/h4-9,12,22H,10-11H2,1-3H3,(H2,21,23). The number of amides is 1. The first-order valence-corrected chi connectivity index (χ1v) is 8.40. The predicted octanol–water partition coefficient (Wildman–Crippen LogP) is 3.95. The molecule has 0 aliphatic rings. The summed E-state index contributed by atoms with van der Waals surface area (Å²) in [5.41, 5.74) is 8.38. The average Bonchev–Trinajstić information content (AvgIpc) is 2.58. The van der Waals surface area contributed by atoms with Gasteiger partial charge < -0.3 is 20.5 Å². The van der Waals surface area contributed by atoms with Crippen LogP contribution in [0.1, 0.15) is 30.9 Å². The molecule has 0 aromatic heterocycles. The maximum atomic E-state index is 10.9. The molecule has 0 heterocycles. The monoisotopic (exact) mass is 362 g/mol. The van der Waals surface area contributed by atoms with Crippen molar-refractivity contribution in [1.82, 2.24) is 0 Å². The number of anilines is 1. The Hall–Kier alpha value is -2.40. The number of hydrogen-bond acceptors (Lipinski definition) is 4. The van der Waals surface area contributed by atoms with Gasteiger partial charge in [0.25, 0.3) is 5.91 Å². The molecule has 1 amide bonds. The lowest BCUT2D eigenvalue weighted by Crippen LogP contribution is -2.20. The van der Waals surface area contributed by atoms with E-state index in [-0.39, 0.29) is 6.61 Å². The number of hydrogen-bond donors (Lipinski definition) is 2. The molecule has 0 fully saturated rings. The lowest BCUT2D eigenvalue weighted by molar-refractivity contribution is -0.119. The fraction of sp³-hybridized carbons (Fsp3) is 0.316. The van der Waals surface area contributed by atoms with Gasteiger partial charge in [-0.1, -0.05) is 43.6 Å². The normalized spacial score (nSPS) is 10.6. The first kappa shape index (κ1) is 18.9. The Labute approximate surface area is 153 Å². The summed E-state index contributed by atoms with van der Waals surface area (Å²) < 4.78 is 10.7. The molecule has 5 nitrogen and oxygen atoms in total. The van der Waals surface area contributed by atoms with Crippen LogP contribution in [0.25, 0.3) is 0 Å². The van der Waals surface area contributed by atoms with Crippen LogP contribution in [0.2, 0.25) is 5.02 Å². The maximum Gasteiger partial charge on any atom is 0.255 e. The average molecular weight is 363 g/mol. The molecule has 6 heteroatoms. The van der Waals surface area contributed by atoms with Crippen LogP contribution in [0.15, 0.2) is 36.4 Å². The number of ether oxygens (including phenoxy) is 2. The van der Waals surface area contributed by atoms with E-state index in [9.17, 15) is 4.79 Å². The molecule has 0 bridgehead atoms. The molecule has 0 atom stereocenters. The Morgan fingerprint density at radius 1 is 1.28 bits per heavy atom. The molecule has 134 valence electrons. The molecule has 0 saturated carbocycles. The Morgan fingerprint density at radius 3 is 2.64 bits per heavy atom. The highest BCUT2D eigenvalue weighted by atomic mass is 35.5. The fourth-order valence-corrected chi connectivity index (χ4v) is 2.81. The molecule has 3 N–H and O–H groups in total. The Kier molecular flexibility index (Phi) is 6.53. The minimum atomic E-state index is -0.575. The summed E-state index contributed by atoms with van der Waals surface area (Å²) in [7, 11) is 1.52. The van der Waals surface area contributed by atoms with Crippen LogP contribution >= 0.6 is 11.6 Å². The molecular weight excluding hydrogens is 340 g/mol. The van der Waals surface area contributed by atoms with Crippen molar-refractivity contribution in [2.45, 2.75) is 26.3 Å². The highest BCUT2D eigenvalue weighted by molar-refractivity contribution is 6.32. The molecule has 2 rings (SSSR count). The third-order valence-corrected chi connectivity index (χ3v) is 3.99. The van der Waals surface area contributed by atoms with E-state index < -0.39 is 5.91 Å². The zero-order valence-electron chi connectivity index (χ0n) is 14.6. The van der Waals surface area contributed by atoms with Crippen molar-refractivity contribution in [1.29, 1.82) is 0 Å². The molecule has 0 aliphatic carbocycles. The summed E-state index contributed by atoms with van der Waals surface area (Å²) in [4.78, 5) is 10.9. The molecule has 0 unspecified atom stereocenters. The van der Waals surface area contributed by atoms with Crippen molar-refractivity contribution < 1.29 is 14.3 Å². The summed E-state index contributed by atoms with van der Waals surface area (Å²) in [5, 5.41) is 3.80. The zero-order valence-corrected chi connectivity index (χ0v) is 15.4. The molecule has 0 radical (unpaired) electrons. The van der Waals surface area contributed by atoms with Crippen molar-refractivity contribution in [2.75, 3.05) is 19.0 Å². The first-order valence-electron chi connectivity index (χ1n) is 8.02. The minimum Gasteiger partial charge on any atom is -0.493 e. The van der Waals surface area contributed by atoms with E-state index in [1.165, 1.54) is 12.7 Å². The minimum absolute atomic E-state index is 0.255. The summed E-state index contributed by atoms with van der Waals surface area (Å²) >= 11 is 6.28. The number of halogens is 1. The fourth-order valence-electron chi connectivity index (χ4n) is 2.52.